The number of aromatic nitrogens is 2. The standard InChI is InChI=1S/C15H14N2/c1-11-3-6-13(7-4-11)14-10-17-9-12(2)5-8-15(17)16-14/h3-10H,1-2H3/i1D3,3D,4D,6D,7D. The summed E-state index contributed by atoms with van der Waals surface area (Å²) >= 11 is 0. The number of hydrogen-bond acceptors (Lipinski definition) is 1. The van der Waals surface area contributed by atoms with Gasteiger partial charge in [-0.3, -0.25) is 0 Å². The smallest absolute Gasteiger partial charge is 0.137 e. The van der Waals surface area contributed by atoms with Crippen molar-refractivity contribution in [2.24, 2.45) is 0 Å². The fourth-order valence-corrected chi connectivity index (χ4v) is 1.66. The highest BCUT2D eigenvalue weighted by Crippen LogP contribution is 2.19. The molecular formula is C15H14N2. The molecule has 3 rings (SSSR count). The van der Waals surface area contributed by atoms with Gasteiger partial charge in [-0.2, -0.15) is 0 Å². The zero-order valence-corrected chi connectivity index (χ0v) is 9.20. The summed E-state index contributed by atoms with van der Waals surface area (Å²) in [5.41, 5.74) is 1.31. The van der Waals surface area contributed by atoms with E-state index in [1.165, 1.54) is 0 Å². The summed E-state index contributed by atoms with van der Waals surface area (Å²) in [5.74, 6) is 0. The summed E-state index contributed by atoms with van der Waals surface area (Å²) in [6.07, 6.45) is 3.45. The van der Waals surface area contributed by atoms with E-state index in [-0.39, 0.29) is 11.3 Å². The lowest BCUT2D eigenvalue weighted by Gasteiger charge is -1.96. The predicted molar refractivity (Wildman–Crippen MR) is 70.1 cm³/mol. The van der Waals surface area contributed by atoms with Gasteiger partial charge in [0.2, 0.25) is 0 Å². The Labute approximate surface area is 110 Å². The topological polar surface area (TPSA) is 17.3 Å². The summed E-state index contributed by atoms with van der Waals surface area (Å²) in [7, 11) is 0. The molecule has 0 bridgehead atoms. The van der Waals surface area contributed by atoms with E-state index in [9.17, 15) is 0 Å². The molecule has 2 nitrogen and oxygen atoms in total. The van der Waals surface area contributed by atoms with E-state index in [1.54, 1.807) is 16.7 Å². The lowest BCUT2D eigenvalue weighted by Crippen LogP contribution is -1.82. The predicted octanol–water partition coefficient (Wildman–Crippen LogP) is 3.62. The number of pyridine rings is 1. The molecule has 0 aliphatic carbocycles. The number of rotatable bonds is 1. The zero-order valence-electron chi connectivity index (χ0n) is 16.2. The number of nitrogens with zero attached hydrogens (tertiary/aromatic N) is 2. The van der Waals surface area contributed by atoms with Crippen LogP contribution in [0.25, 0.3) is 16.9 Å². The van der Waals surface area contributed by atoms with Crippen molar-refractivity contribution in [2.45, 2.75) is 13.8 Å². The van der Waals surface area contributed by atoms with Crippen molar-refractivity contribution < 1.29 is 9.60 Å². The van der Waals surface area contributed by atoms with Crippen molar-refractivity contribution in [2.75, 3.05) is 0 Å². The van der Waals surface area contributed by atoms with Gasteiger partial charge in [0.05, 0.1) is 11.2 Å². The van der Waals surface area contributed by atoms with Crippen LogP contribution in [0.2, 0.25) is 0 Å². The Morgan fingerprint density at radius 1 is 1.12 bits per heavy atom. The monoisotopic (exact) mass is 229 g/mol. The molecule has 0 fully saturated rings. The van der Waals surface area contributed by atoms with Gasteiger partial charge in [-0.25, -0.2) is 4.98 Å². The lowest BCUT2D eigenvalue weighted by atomic mass is 10.1. The van der Waals surface area contributed by atoms with Gasteiger partial charge in [0.1, 0.15) is 5.65 Å². The van der Waals surface area contributed by atoms with E-state index in [0.29, 0.717) is 5.65 Å². The first-order valence-electron chi connectivity index (χ1n) is 8.68. The Morgan fingerprint density at radius 3 is 2.71 bits per heavy atom. The Balaban J connectivity index is 2.31. The first kappa shape index (κ1) is 5.05. The summed E-state index contributed by atoms with van der Waals surface area (Å²) < 4.78 is 56.2. The van der Waals surface area contributed by atoms with Crippen molar-refractivity contribution in [1.29, 1.82) is 0 Å². The average molecular weight is 229 g/mol. The molecule has 0 amide bonds. The minimum Gasteiger partial charge on any atom is -0.306 e. The van der Waals surface area contributed by atoms with Crippen molar-refractivity contribution in [3.05, 3.63) is 59.8 Å². The van der Waals surface area contributed by atoms with Crippen LogP contribution in [0.1, 0.15) is 20.7 Å². The van der Waals surface area contributed by atoms with Crippen LogP contribution in [-0.2, 0) is 0 Å². The maximum atomic E-state index is 8.12. The summed E-state index contributed by atoms with van der Waals surface area (Å²) in [4.78, 5) is 4.34. The third-order valence-corrected chi connectivity index (χ3v) is 2.48. The van der Waals surface area contributed by atoms with Gasteiger partial charge < -0.3 is 4.40 Å². The summed E-state index contributed by atoms with van der Waals surface area (Å²) in [6.45, 7) is -0.797. The molecule has 84 valence electrons. The van der Waals surface area contributed by atoms with E-state index in [2.05, 4.69) is 4.98 Å². The molecule has 17 heavy (non-hydrogen) atoms. The van der Waals surface area contributed by atoms with Crippen molar-refractivity contribution in [3.63, 3.8) is 0 Å². The molecule has 0 aliphatic rings. The number of hydrogen-bond donors (Lipinski definition) is 0. The van der Waals surface area contributed by atoms with Gasteiger partial charge in [-0.05, 0) is 25.4 Å². The van der Waals surface area contributed by atoms with Crippen molar-refractivity contribution in [3.8, 4) is 11.3 Å². The summed E-state index contributed by atoms with van der Waals surface area (Å²) in [5, 5.41) is 0. The van der Waals surface area contributed by atoms with Crippen LogP contribution in [0, 0.1) is 13.8 Å². The maximum absolute atomic E-state index is 8.12. The van der Waals surface area contributed by atoms with Gasteiger partial charge in [0, 0.05) is 22.1 Å². The van der Waals surface area contributed by atoms with Gasteiger partial charge in [0.15, 0.2) is 0 Å². The normalized spacial score (nSPS) is 17.6. The van der Waals surface area contributed by atoms with Gasteiger partial charge in [-0.15, -0.1) is 0 Å². The first-order chi connectivity index (χ1) is 11.1. The molecule has 0 radical (unpaired) electrons. The molecule has 0 aliphatic heterocycles. The molecule has 2 aromatic heterocycles. The highest BCUT2D eigenvalue weighted by atomic mass is 15.0. The zero-order chi connectivity index (χ0) is 17.8. The molecule has 0 atom stereocenters. The minimum absolute atomic E-state index is 0.000599. The van der Waals surface area contributed by atoms with Crippen LogP contribution < -0.4 is 0 Å². The first-order valence-corrected chi connectivity index (χ1v) is 5.18. The fourth-order valence-electron chi connectivity index (χ4n) is 1.66. The second-order valence-electron chi connectivity index (χ2n) is 3.85. The highest BCUT2D eigenvalue weighted by molar-refractivity contribution is 5.62. The fraction of sp³-hybridized carbons (Fsp3) is 0.133. The van der Waals surface area contributed by atoms with E-state index in [1.807, 2.05) is 19.2 Å². The Kier molecular flexibility index (Phi) is 1.11. The average Bonchev–Trinajstić information content (AvgIpc) is 2.86. The van der Waals surface area contributed by atoms with Gasteiger partial charge in [0.25, 0.3) is 0 Å². The highest BCUT2D eigenvalue weighted by Gasteiger charge is 2.03. The van der Waals surface area contributed by atoms with Gasteiger partial charge in [-0.1, -0.05) is 35.8 Å². The van der Waals surface area contributed by atoms with Crippen molar-refractivity contribution in [1.82, 2.24) is 9.38 Å². The summed E-state index contributed by atoms with van der Waals surface area (Å²) in [6, 6.07) is 1.74. The number of aryl methyl sites for hydroxylation is 1. The van der Waals surface area contributed by atoms with E-state index in [0.717, 1.165) is 5.56 Å². The molecule has 2 heteroatoms. The maximum Gasteiger partial charge on any atom is 0.137 e. The molecule has 0 saturated heterocycles. The lowest BCUT2D eigenvalue weighted by molar-refractivity contribution is 1.16. The molecule has 2 heterocycles. The molecular weight excluding hydrogens is 208 g/mol. The number of fused-ring (bicyclic) bond motifs is 1. The van der Waals surface area contributed by atoms with Crippen LogP contribution in [0.5, 0.6) is 0 Å². The Morgan fingerprint density at radius 2 is 1.94 bits per heavy atom. The molecule has 0 unspecified atom stereocenters. The van der Waals surface area contributed by atoms with Gasteiger partial charge >= 0.3 is 0 Å². The molecule has 3 aromatic rings. The quantitative estimate of drug-likeness (QED) is 0.623. The van der Waals surface area contributed by atoms with Crippen LogP contribution in [0.3, 0.4) is 0 Å². The Hall–Kier alpha value is -2.09. The SMILES string of the molecule is [2H]c1c([2H])c(C([2H])([2H])[2H])c([2H])c([2H])c1-c1cn2cc(C)ccc2n1. The molecule has 1 aromatic carbocycles. The van der Waals surface area contributed by atoms with Crippen LogP contribution in [-0.4, -0.2) is 9.38 Å². The van der Waals surface area contributed by atoms with E-state index >= 15 is 0 Å². The van der Waals surface area contributed by atoms with Crippen LogP contribution in [0.15, 0.2) is 48.7 Å². The molecule has 0 N–H and O–H groups in total. The molecule has 0 saturated carbocycles. The van der Waals surface area contributed by atoms with E-state index in [4.69, 9.17) is 9.60 Å². The third kappa shape index (κ3) is 1.82. The van der Waals surface area contributed by atoms with Crippen LogP contribution in [0.4, 0.5) is 0 Å². The Bertz CT molecular complexity index is 928. The largest absolute Gasteiger partial charge is 0.306 e. The number of imidazole rings is 1. The van der Waals surface area contributed by atoms with E-state index < -0.39 is 36.6 Å². The number of benzene rings is 1. The third-order valence-electron chi connectivity index (χ3n) is 2.48. The van der Waals surface area contributed by atoms with Crippen LogP contribution >= 0.6 is 0 Å². The van der Waals surface area contributed by atoms with Crippen molar-refractivity contribution >= 4 is 5.65 Å². The second kappa shape index (κ2) is 3.74. The molecule has 0 spiro atoms. The second-order valence-corrected chi connectivity index (χ2v) is 3.85. The minimum atomic E-state index is -2.71.